The van der Waals surface area contributed by atoms with Crippen molar-refractivity contribution in [2.75, 3.05) is 0 Å². The van der Waals surface area contributed by atoms with E-state index in [2.05, 4.69) is 15.5 Å². The molecular formula is C18H25ClN4O2S. The molecule has 3 N–H and O–H groups in total. The highest BCUT2D eigenvalue weighted by molar-refractivity contribution is 7.13. The number of aromatic nitrogens is 2. The Kier molecular flexibility index (Phi) is 6.32. The van der Waals surface area contributed by atoms with E-state index in [1.54, 1.807) is 11.3 Å². The quantitative estimate of drug-likeness (QED) is 0.809. The summed E-state index contributed by atoms with van der Waals surface area (Å²) in [5.41, 5.74) is 6.16. The summed E-state index contributed by atoms with van der Waals surface area (Å²) in [6, 6.07) is 4.51. The van der Waals surface area contributed by atoms with Crippen molar-refractivity contribution in [3.8, 4) is 10.7 Å². The fourth-order valence-corrected chi connectivity index (χ4v) is 5.01. The van der Waals surface area contributed by atoms with Gasteiger partial charge in [-0.3, -0.25) is 4.79 Å². The van der Waals surface area contributed by atoms with Gasteiger partial charge in [-0.1, -0.05) is 17.6 Å². The fourth-order valence-electron chi connectivity index (χ4n) is 4.37. The Labute approximate surface area is 163 Å². The van der Waals surface area contributed by atoms with Gasteiger partial charge in [0.2, 0.25) is 17.6 Å². The van der Waals surface area contributed by atoms with Gasteiger partial charge < -0.3 is 15.6 Å². The SMILES string of the molecule is Cl.NC1CC2CCCC(C1)C2NC(=O)CCc1nc(-c2cccs2)no1. The minimum atomic E-state index is 0. The average molecular weight is 397 g/mol. The summed E-state index contributed by atoms with van der Waals surface area (Å²) in [7, 11) is 0. The first-order valence-electron chi connectivity index (χ1n) is 9.10. The Bertz CT molecular complexity index is 707. The lowest BCUT2D eigenvalue weighted by atomic mass is 9.67. The second kappa shape index (κ2) is 8.50. The molecule has 2 fully saturated rings. The van der Waals surface area contributed by atoms with Gasteiger partial charge in [0.1, 0.15) is 0 Å². The van der Waals surface area contributed by atoms with Crippen LogP contribution in [0.5, 0.6) is 0 Å². The monoisotopic (exact) mass is 396 g/mol. The third-order valence-corrected chi connectivity index (χ3v) is 6.35. The first kappa shape index (κ1) is 19.3. The average Bonchev–Trinajstić information content (AvgIpc) is 3.25. The molecule has 2 aliphatic carbocycles. The van der Waals surface area contributed by atoms with Crippen molar-refractivity contribution in [3.63, 3.8) is 0 Å². The third kappa shape index (κ3) is 4.27. The van der Waals surface area contributed by atoms with Crippen molar-refractivity contribution in [2.45, 2.75) is 57.0 Å². The van der Waals surface area contributed by atoms with Gasteiger partial charge in [-0.25, -0.2) is 0 Å². The Morgan fingerprint density at radius 2 is 2.12 bits per heavy atom. The lowest BCUT2D eigenvalue weighted by molar-refractivity contribution is -0.123. The molecule has 0 spiro atoms. The number of nitrogens with two attached hydrogens (primary N) is 1. The number of thiophene rings is 1. The number of carbonyl (C=O) groups is 1. The van der Waals surface area contributed by atoms with Gasteiger partial charge in [-0.15, -0.1) is 23.7 Å². The topological polar surface area (TPSA) is 94.0 Å². The highest BCUT2D eigenvalue weighted by Crippen LogP contribution is 2.39. The zero-order valence-electron chi connectivity index (χ0n) is 14.6. The number of amides is 1. The molecule has 2 atom stereocenters. The molecular weight excluding hydrogens is 372 g/mol. The smallest absolute Gasteiger partial charge is 0.227 e. The molecule has 26 heavy (non-hydrogen) atoms. The second-order valence-corrected chi connectivity index (χ2v) is 8.21. The van der Waals surface area contributed by atoms with Crippen LogP contribution in [-0.4, -0.2) is 28.1 Å². The van der Waals surface area contributed by atoms with Crippen LogP contribution in [0.3, 0.4) is 0 Å². The van der Waals surface area contributed by atoms with Crippen LogP contribution in [0.25, 0.3) is 10.7 Å². The summed E-state index contributed by atoms with van der Waals surface area (Å²) in [6.45, 7) is 0. The summed E-state index contributed by atoms with van der Waals surface area (Å²) in [5, 5.41) is 9.23. The molecule has 142 valence electrons. The van der Waals surface area contributed by atoms with Gasteiger partial charge >= 0.3 is 0 Å². The van der Waals surface area contributed by atoms with E-state index in [4.69, 9.17) is 10.3 Å². The molecule has 4 rings (SSSR count). The standard InChI is InChI=1S/C18H24N4O2S.ClH/c19-13-9-11-3-1-4-12(10-13)17(11)20-15(23)6-7-16-21-18(22-24-16)14-5-2-8-25-14;/h2,5,8,11-13,17H,1,3-4,6-7,9-10,19H2,(H,20,23);1H. The van der Waals surface area contributed by atoms with E-state index in [-0.39, 0.29) is 18.3 Å². The van der Waals surface area contributed by atoms with Crippen molar-refractivity contribution in [3.05, 3.63) is 23.4 Å². The Hall–Kier alpha value is -1.44. The molecule has 2 aromatic heterocycles. The van der Waals surface area contributed by atoms with Crippen LogP contribution in [0.1, 0.15) is 44.4 Å². The summed E-state index contributed by atoms with van der Waals surface area (Å²) in [6.07, 6.45) is 6.57. The van der Waals surface area contributed by atoms with Crippen molar-refractivity contribution in [2.24, 2.45) is 17.6 Å². The molecule has 2 saturated carbocycles. The lowest BCUT2D eigenvalue weighted by Gasteiger charge is -2.45. The molecule has 6 nitrogen and oxygen atoms in total. The molecule has 2 bridgehead atoms. The maximum atomic E-state index is 12.4. The minimum absolute atomic E-state index is 0. The van der Waals surface area contributed by atoms with Crippen molar-refractivity contribution < 1.29 is 9.32 Å². The van der Waals surface area contributed by atoms with Crippen LogP contribution in [-0.2, 0) is 11.2 Å². The molecule has 0 aromatic carbocycles. The molecule has 0 saturated heterocycles. The maximum Gasteiger partial charge on any atom is 0.227 e. The van der Waals surface area contributed by atoms with Gasteiger partial charge in [0.05, 0.1) is 4.88 Å². The number of fused-ring (bicyclic) bond motifs is 2. The van der Waals surface area contributed by atoms with Crippen LogP contribution >= 0.6 is 23.7 Å². The predicted molar refractivity (Wildman–Crippen MR) is 103 cm³/mol. The van der Waals surface area contributed by atoms with E-state index in [0.717, 1.165) is 17.7 Å². The van der Waals surface area contributed by atoms with E-state index < -0.39 is 0 Å². The van der Waals surface area contributed by atoms with E-state index in [0.29, 0.717) is 48.5 Å². The summed E-state index contributed by atoms with van der Waals surface area (Å²) in [4.78, 5) is 17.8. The molecule has 0 aliphatic heterocycles. The third-order valence-electron chi connectivity index (χ3n) is 5.48. The molecule has 8 heteroatoms. The summed E-state index contributed by atoms with van der Waals surface area (Å²) in [5.74, 6) is 2.28. The number of halogens is 1. The molecule has 2 unspecified atom stereocenters. The van der Waals surface area contributed by atoms with Gasteiger partial charge in [-0.2, -0.15) is 4.98 Å². The molecule has 2 aromatic rings. The molecule has 0 radical (unpaired) electrons. The number of aryl methyl sites for hydroxylation is 1. The molecule has 1 amide bonds. The normalized spacial score (nSPS) is 27.6. The van der Waals surface area contributed by atoms with Crippen molar-refractivity contribution >= 4 is 29.7 Å². The second-order valence-electron chi connectivity index (χ2n) is 7.26. The number of carbonyl (C=O) groups excluding carboxylic acids is 1. The van der Waals surface area contributed by atoms with Crippen LogP contribution in [0.2, 0.25) is 0 Å². The highest BCUT2D eigenvalue weighted by atomic mass is 35.5. The van der Waals surface area contributed by atoms with Gasteiger partial charge in [0.25, 0.3) is 0 Å². The van der Waals surface area contributed by atoms with Crippen LogP contribution in [0.4, 0.5) is 0 Å². The summed E-state index contributed by atoms with van der Waals surface area (Å²) >= 11 is 1.57. The van der Waals surface area contributed by atoms with Crippen molar-refractivity contribution in [1.82, 2.24) is 15.5 Å². The van der Waals surface area contributed by atoms with E-state index in [1.165, 1.54) is 19.3 Å². The molecule has 2 heterocycles. The first-order valence-corrected chi connectivity index (χ1v) is 9.98. The maximum absolute atomic E-state index is 12.4. The Morgan fingerprint density at radius 1 is 1.35 bits per heavy atom. The number of hydrogen-bond acceptors (Lipinski definition) is 6. The van der Waals surface area contributed by atoms with Crippen LogP contribution in [0.15, 0.2) is 22.0 Å². The largest absolute Gasteiger partial charge is 0.353 e. The Morgan fingerprint density at radius 3 is 2.81 bits per heavy atom. The zero-order chi connectivity index (χ0) is 17.2. The van der Waals surface area contributed by atoms with E-state index >= 15 is 0 Å². The number of nitrogens with one attached hydrogen (secondary N) is 1. The minimum Gasteiger partial charge on any atom is -0.353 e. The highest BCUT2D eigenvalue weighted by Gasteiger charge is 2.39. The van der Waals surface area contributed by atoms with Gasteiger partial charge in [0, 0.05) is 24.9 Å². The summed E-state index contributed by atoms with van der Waals surface area (Å²) < 4.78 is 5.27. The van der Waals surface area contributed by atoms with Gasteiger partial charge in [0.15, 0.2) is 0 Å². The zero-order valence-corrected chi connectivity index (χ0v) is 16.2. The van der Waals surface area contributed by atoms with Gasteiger partial charge in [-0.05, 0) is 49.0 Å². The molecule has 2 aliphatic rings. The Balaban J connectivity index is 0.00000196. The number of nitrogens with zero attached hydrogens (tertiary/aromatic N) is 2. The van der Waals surface area contributed by atoms with Crippen LogP contribution in [0, 0.1) is 11.8 Å². The fraction of sp³-hybridized carbons (Fsp3) is 0.611. The number of hydrogen-bond donors (Lipinski definition) is 2. The predicted octanol–water partition coefficient (Wildman–Crippen LogP) is 3.17. The van der Waals surface area contributed by atoms with Crippen LogP contribution < -0.4 is 11.1 Å². The van der Waals surface area contributed by atoms with Crippen molar-refractivity contribution in [1.29, 1.82) is 0 Å². The first-order chi connectivity index (χ1) is 12.2. The lowest BCUT2D eigenvalue weighted by Crippen LogP contribution is -2.53. The van der Waals surface area contributed by atoms with E-state index in [9.17, 15) is 4.79 Å². The number of rotatable bonds is 5. The van der Waals surface area contributed by atoms with E-state index in [1.807, 2.05) is 17.5 Å².